The van der Waals surface area contributed by atoms with Crippen LogP contribution in [0.1, 0.15) is 55.4 Å². The highest BCUT2D eigenvalue weighted by molar-refractivity contribution is 7.56. The van der Waals surface area contributed by atoms with Gasteiger partial charge < -0.3 is 0 Å². The molecule has 3 aromatic rings. The molecule has 0 aliphatic carbocycles. The first-order chi connectivity index (χ1) is 13.3. The van der Waals surface area contributed by atoms with Crippen molar-refractivity contribution in [1.82, 2.24) is 4.58 Å². The van der Waals surface area contributed by atoms with Crippen molar-refractivity contribution < 1.29 is 0 Å². The van der Waals surface area contributed by atoms with Crippen molar-refractivity contribution in [1.29, 1.82) is 0 Å². The zero-order chi connectivity index (χ0) is 20.6. The minimum atomic E-state index is -0.608. The number of fused-ring (bicyclic) bond motifs is 3. The summed E-state index contributed by atoms with van der Waals surface area (Å²) in [5.41, 5.74) is 0. The Morgan fingerprint density at radius 2 is 1.11 bits per heavy atom. The number of hydrogen-bond donors (Lipinski definition) is 0. The van der Waals surface area contributed by atoms with E-state index in [4.69, 9.17) is 0 Å². The SMILES string of the molecule is CC(C)N(C(C)C)p1c(=[N+](C(C)C)C(C)C)c2ccccc2c2ccccc21. The normalized spacial score (nSPS) is 13.1. The van der Waals surface area contributed by atoms with Crippen molar-refractivity contribution in [3.63, 3.8) is 0 Å². The minimum Gasteiger partial charge on any atom is -0.251 e. The Labute approximate surface area is 171 Å². The number of benzene rings is 2. The van der Waals surface area contributed by atoms with Crippen LogP contribution in [0.2, 0.25) is 0 Å². The van der Waals surface area contributed by atoms with Gasteiger partial charge >= 0.3 is 0 Å². The van der Waals surface area contributed by atoms with Gasteiger partial charge in [0.2, 0.25) is 5.09 Å². The summed E-state index contributed by atoms with van der Waals surface area (Å²) in [4.78, 5) is 0. The molecule has 0 bridgehead atoms. The first-order valence-corrected chi connectivity index (χ1v) is 12.0. The lowest BCUT2D eigenvalue weighted by Gasteiger charge is -2.32. The Kier molecular flexibility index (Phi) is 6.32. The molecule has 2 aromatic carbocycles. The van der Waals surface area contributed by atoms with Gasteiger partial charge in [-0.25, -0.2) is 4.58 Å². The predicted molar refractivity (Wildman–Crippen MR) is 128 cm³/mol. The second kappa shape index (κ2) is 8.39. The van der Waals surface area contributed by atoms with E-state index in [1.165, 1.54) is 26.4 Å². The first-order valence-electron chi connectivity index (χ1n) is 10.7. The Hall–Kier alpha value is -1.63. The Morgan fingerprint density at radius 1 is 0.643 bits per heavy atom. The molecule has 1 atom stereocenters. The third kappa shape index (κ3) is 3.65. The van der Waals surface area contributed by atoms with Gasteiger partial charge in [0.25, 0.3) is 0 Å². The van der Waals surface area contributed by atoms with Gasteiger partial charge in [0.15, 0.2) is 0 Å². The van der Waals surface area contributed by atoms with E-state index >= 15 is 0 Å². The lowest BCUT2D eigenvalue weighted by Crippen LogP contribution is -2.44. The van der Waals surface area contributed by atoms with Crippen LogP contribution in [0.4, 0.5) is 0 Å². The highest BCUT2D eigenvalue weighted by atomic mass is 31.1. The van der Waals surface area contributed by atoms with E-state index in [1.807, 2.05) is 0 Å². The molecule has 1 heterocycles. The zero-order valence-corrected chi connectivity index (χ0v) is 19.7. The number of rotatable bonds is 5. The second-order valence-electron chi connectivity index (χ2n) is 8.86. The van der Waals surface area contributed by atoms with Gasteiger partial charge in [0.05, 0.1) is 5.39 Å². The van der Waals surface area contributed by atoms with Crippen LogP contribution in [-0.4, -0.2) is 24.2 Å². The van der Waals surface area contributed by atoms with E-state index in [0.29, 0.717) is 24.2 Å². The van der Waals surface area contributed by atoms with Crippen LogP contribution in [-0.2, 0) is 0 Å². The van der Waals surface area contributed by atoms with E-state index in [0.717, 1.165) is 0 Å². The average molecular weight is 396 g/mol. The van der Waals surface area contributed by atoms with Gasteiger partial charge in [0, 0.05) is 24.9 Å². The summed E-state index contributed by atoms with van der Waals surface area (Å²) in [6.07, 6.45) is 0. The average Bonchev–Trinajstić information content (AvgIpc) is 2.63. The molecule has 1 unspecified atom stereocenters. The molecule has 0 saturated heterocycles. The molecule has 2 nitrogen and oxygen atoms in total. The molecule has 0 aliphatic rings. The van der Waals surface area contributed by atoms with Gasteiger partial charge in [-0.15, -0.1) is 0 Å². The molecule has 3 rings (SSSR count). The topological polar surface area (TPSA) is 6.25 Å². The van der Waals surface area contributed by atoms with E-state index in [2.05, 4.69) is 113 Å². The minimum absolute atomic E-state index is 0.458. The summed E-state index contributed by atoms with van der Waals surface area (Å²) in [6.45, 7) is 18.7. The van der Waals surface area contributed by atoms with Crippen molar-refractivity contribution in [2.24, 2.45) is 0 Å². The molecule has 0 aliphatic heterocycles. The molecule has 0 saturated carbocycles. The highest BCUT2D eigenvalue weighted by Gasteiger charge is 2.28. The molecule has 0 amide bonds. The number of hydrogen-bond acceptors (Lipinski definition) is 1. The standard InChI is InChI=1S/C25H36N2P/c1-17(2)26(18(3)4)25-23-15-10-9-13-21(23)22-14-11-12-16-24(22)28(25)27(19(5)6)20(7)8/h9-20H,1-8H3/q+1. The second-order valence-corrected chi connectivity index (χ2v) is 10.9. The van der Waals surface area contributed by atoms with E-state index in [9.17, 15) is 0 Å². The quantitative estimate of drug-likeness (QED) is 0.362. The Balaban J connectivity index is 2.73. The van der Waals surface area contributed by atoms with Crippen molar-refractivity contribution in [3.05, 3.63) is 53.6 Å². The molecule has 28 heavy (non-hydrogen) atoms. The molecule has 0 spiro atoms. The molecule has 3 heteroatoms. The van der Waals surface area contributed by atoms with Crippen molar-refractivity contribution in [3.8, 4) is 0 Å². The van der Waals surface area contributed by atoms with E-state index in [1.54, 1.807) is 0 Å². The van der Waals surface area contributed by atoms with Gasteiger partial charge in [-0.3, -0.25) is 4.67 Å². The molecule has 1 aromatic heterocycles. The fraction of sp³-hybridized carbons (Fsp3) is 0.480. The van der Waals surface area contributed by atoms with Gasteiger partial charge in [-0.2, -0.15) is 0 Å². The summed E-state index contributed by atoms with van der Waals surface area (Å²) < 4.78 is 5.41. The zero-order valence-electron chi connectivity index (χ0n) is 18.8. The summed E-state index contributed by atoms with van der Waals surface area (Å²) in [6, 6.07) is 20.0. The molecular formula is C25H36N2P+. The highest BCUT2D eigenvalue weighted by Crippen LogP contribution is 2.41. The molecule has 150 valence electrons. The lowest BCUT2D eigenvalue weighted by molar-refractivity contribution is 0.430. The van der Waals surface area contributed by atoms with Crippen LogP contribution >= 0.6 is 7.68 Å². The largest absolute Gasteiger partial charge is 0.251 e. The van der Waals surface area contributed by atoms with E-state index in [-0.39, 0.29) is 0 Å². The van der Waals surface area contributed by atoms with Crippen LogP contribution in [0.5, 0.6) is 0 Å². The van der Waals surface area contributed by atoms with E-state index < -0.39 is 7.68 Å². The van der Waals surface area contributed by atoms with Crippen LogP contribution < -0.4 is 14.3 Å². The van der Waals surface area contributed by atoms with Gasteiger partial charge in [-0.1, -0.05) is 36.4 Å². The number of nitrogens with zero attached hydrogens (tertiary/aromatic N) is 2. The predicted octanol–water partition coefficient (Wildman–Crippen LogP) is 6.32. The third-order valence-electron chi connectivity index (χ3n) is 5.44. The molecular weight excluding hydrogens is 359 g/mol. The summed E-state index contributed by atoms with van der Waals surface area (Å²) in [7, 11) is -0.608. The Bertz CT molecular complexity index is 1020. The monoisotopic (exact) mass is 395 g/mol. The van der Waals surface area contributed by atoms with Crippen molar-refractivity contribution in [2.75, 3.05) is 4.67 Å². The van der Waals surface area contributed by atoms with Crippen LogP contribution in [0.3, 0.4) is 0 Å². The maximum Gasteiger partial charge on any atom is 0.240 e. The fourth-order valence-electron chi connectivity index (χ4n) is 4.65. The lowest BCUT2D eigenvalue weighted by atomic mass is 10.1. The maximum atomic E-state index is 2.75. The van der Waals surface area contributed by atoms with Crippen LogP contribution in [0.15, 0.2) is 48.5 Å². The molecule has 0 fully saturated rings. The molecule has 0 radical (unpaired) electrons. The Morgan fingerprint density at radius 3 is 1.61 bits per heavy atom. The van der Waals surface area contributed by atoms with Crippen LogP contribution in [0, 0.1) is 0 Å². The summed E-state index contributed by atoms with van der Waals surface area (Å²) in [5, 5.41) is 7.23. The summed E-state index contributed by atoms with van der Waals surface area (Å²) in [5.74, 6) is 0. The first kappa shape index (κ1) is 21.1. The van der Waals surface area contributed by atoms with Crippen LogP contribution in [0.25, 0.3) is 21.3 Å². The fourth-order valence-corrected chi connectivity index (χ4v) is 8.03. The van der Waals surface area contributed by atoms with Gasteiger partial charge in [-0.05, 0) is 78.3 Å². The van der Waals surface area contributed by atoms with Gasteiger partial charge in [0.1, 0.15) is 12.1 Å². The third-order valence-corrected chi connectivity index (χ3v) is 8.54. The van der Waals surface area contributed by atoms with Crippen molar-refractivity contribution >= 4 is 29.0 Å². The van der Waals surface area contributed by atoms with Crippen molar-refractivity contribution in [2.45, 2.75) is 79.6 Å². The smallest absolute Gasteiger partial charge is 0.240 e. The maximum absolute atomic E-state index is 2.75. The summed E-state index contributed by atoms with van der Waals surface area (Å²) >= 11 is 0. The molecule has 0 N–H and O–H groups in total.